The molecule has 0 aromatic carbocycles. The zero-order valence-electron chi connectivity index (χ0n) is 15.2. The molecule has 4 heterocycles. The normalized spacial score (nSPS) is 22.0. The zero-order valence-corrected chi connectivity index (χ0v) is 16.8. The Morgan fingerprint density at radius 3 is 2.52 bits per heavy atom. The minimum atomic E-state index is -5.08. The Balaban J connectivity index is 0.000000298. The number of thiazole rings is 2. The van der Waals surface area contributed by atoms with Crippen LogP contribution in [0.4, 0.5) is 13.2 Å². The lowest BCUT2D eigenvalue weighted by molar-refractivity contribution is -0.192. The van der Waals surface area contributed by atoms with Crippen molar-refractivity contribution >= 4 is 34.6 Å². The number of amides is 1. The molecule has 2 saturated heterocycles. The van der Waals surface area contributed by atoms with Gasteiger partial charge in [0.25, 0.3) is 5.91 Å². The number of aromatic nitrogens is 2. The summed E-state index contributed by atoms with van der Waals surface area (Å²) in [6, 6.07) is 0. The van der Waals surface area contributed by atoms with Crippen LogP contribution in [0.15, 0.2) is 22.5 Å². The number of rotatable bonds is 3. The molecule has 0 unspecified atom stereocenters. The molecular weight excluding hydrogens is 429 g/mol. The van der Waals surface area contributed by atoms with Crippen LogP contribution in [0.3, 0.4) is 0 Å². The molecule has 1 N–H and O–H groups in total. The van der Waals surface area contributed by atoms with Crippen LogP contribution in [0.2, 0.25) is 0 Å². The van der Waals surface area contributed by atoms with Crippen molar-refractivity contribution < 1.29 is 27.9 Å². The van der Waals surface area contributed by atoms with Crippen molar-refractivity contribution in [1.29, 1.82) is 0 Å². The number of halogens is 3. The maximum Gasteiger partial charge on any atom is 0.490 e. The van der Waals surface area contributed by atoms with Crippen LogP contribution in [0, 0.1) is 11.8 Å². The second-order valence-corrected chi connectivity index (χ2v) is 8.55. The standard InChI is InChI=1S/C15H18N4OS2.C2HF3O2/c20-15(13-9-21-10-17-13)19-3-1-11-5-18(6-12(11)7-19)8-14-16-2-4-22-14;3-2(4,5)1(6)7/h2,4,9-12H,1,3,5-8H2;(H,6,7)/t11-,12-;/m1./s1. The van der Waals surface area contributed by atoms with E-state index in [0.717, 1.165) is 45.1 Å². The number of alkyl halides is 3. The van der Waals surface area contributed by atoms with Crippen LogP contribution in [-0.2, 0) is 11.3 Å². The summed E-state index contributed by atoms with van der Waals surface area (Å²) in [6.07, 6.45) is -2.10. The smallest absolute Gasteiger partial charge is 0.475 e. The van der Waals surface area contributed by atoms with Crippen molar-refractivity contribution in [1.82, 2.24) is 19.8 Å². The van der Waals surface area contributed by atoms with E-state index in [-0.39, 0.29) is 5.91 Å². The summed E-state index contributed by atoms with van der Waals surface area (Å²) in [5, 5.41) is 12.2. The Morgan fingerprint density at radius 2 is 1.93 bits per heavy atom. The largest absolute Gasteiger partial charge is 0.490 e. The lowest BCUT2D eigenvalue weighted by Gasteiger charge is -2.34. The molecule has 0 radical (unpaired) electrons. The molecule has 0 spiro atoms. The van der Waals surface area contributed by atoms with E-state index in [9.17, 15) is 18.0 Å². The lowest BCUT2D eigenvalue weighted by Crippen LogP contribution is -2.43. The maximum atomic E-state index is 12.4. The second kappa shape index (κ2) is 9.18. The van der Waals surface area contributed by atoms with Gasteiger partial charge in [-0.05, 0) is 18.3 Å². The van der Waals surface area contributed by atoms with E-state index in [4.69, 9.17) is 9.90 Å². The van der Waals surface area contributed by atoms with Crippen LogP contribution in [-0.4, -0.2) is 69.1 Å². The fourth-order valence-electron chi connectivity index (χ4n) is 3.58. The number of likely N-dealkylation sites (tertiary alicyclic amines) is 2. The maximum absolute atomic E-state index is 12.4. The molecule has 2 aliphatic rings. The topological polar surface area (TPSA) is 86.6 Å². The van der Waals surface area contributed by atoms with Crippen molar-refractivity contribution in [3.63, 3.8) is 0 Å². The number of aliphatic carboxylic acids is 1. The molecule has 2 aromatic heterocycles. The highest BCUT2D eigenvalue weighted by atomic mass is 32.1. The molecule has 0 aliphatic carbocycles. The number of carbonyl (C=O) groups is 2. The molecule has 12 heteroatoms. The van der Waals surface area contributed by atoms with Gasteiger partial charge in [0.1, 0.15) is 10.7 Å². The van der Waals surface area contributed by atoms with Gasteiger partial charge in [-0.15, -0.1) is 22.7 Å². The van der Waals surface area contributed by atoms with Crippen molar-refractivity contribution in [3.05, 3.63) is 33.2 Å². The summed E-state index contributed by atoms with van der Waals surface area (Å²) < 4.78 is 31.7. The first-order valence-electron chi connectivity index (χ1n) is 8.82. The van der Waals surface area contributed by atoms with Crippen molar-refractivity contribution in [2.24, 2.45) is 11.8 Å². The van der Waals surface area contributed by atoms with E-state index in [1.165, 1.54) is 16.3 Å². The predicted molar refractivity (Wildman–Crippen MR) is 101 cm³/mol. The molecule has 29 heavy (non-hydrogen) atoms. The number of carboxylic acids is 1. The van der Waals surface area contributed by atoms with Gasteiger partial charge in [0.15, 0.2) is 0 Å². The highest BCUT2D eigenvalue weighted by Gasteiger charge is 2.39. The van der Waals surface area contributed by atoms with E-state index in [0.29, 0.717) is 11.6 Å². The van der Waals surface area contributed by atoms with E-state index in [1.54, 1.807) is 16.8 Å². The molecule has 0 saturated carbocycles. The third kappa shape index (κ3) is 5.73. The first-order valence-corrected chi connectivity index (χ1v) is 10.6. The van der Waals surface area contributed by atoms with Crippen molar-refractivity contribution in [3.8, 4) is 0 Å². The van der Waals surface area contributed by atoms with Crippen molar-refractivity contribution in [2.75, 3.05) is 26.2 Å². The Bertz CT molecular complexity index is 815. The van der Waals surface area contributed by atoms with Crippen LogP contribution in [0.25, 0.3) is 0 Å². The molecule has 7 nitrogen and oxygen atoms in total. The minimum absolute atomic E-state index is 0.0954. The van der Waals surface area contributed by atoms with Gasteiger partial charge in [-0.1, -0.05) is 0 Å². The molecule has 158 valence electrons. The number of piperidine rings is 1. The van der Waals surface area contributed by atoms with E-state index < -0.39 is 12.1 Å². The van der Waals surface area contributed by atoms with Gasteiger partial charge in [-0.2, -0.15) is 13.2 Å². The summed E-state index contributed by atoms with van der Waals surface area (Å²) >= 11 is 3.20. The van der Waals surface area contributed by atoms with Crippen molar-refractivity contribution in [2.45, 2.75) is 19.1 Å². The van der Waals surface area contributed by atoms with Crippen LogP contribution in [0.1, 0.15) is 21.9 Å². The molecule has 2 atom stereocenters. The number of fused-ring (bicyclic) bond motifs is 1. The predicted octanol–water partition coefficient (Wildman–Crippen LogP) is 2.83. The van der Waals surface area contributed by atoms with Crippen LogP contribution >= 0.6 is 22.7 Å². The molecule has 4 rings (SSSR count). The van der Waals surface area contributed by atoms with Gasteiger partial charge in [0.05, 0.1) is 12.1 Å². The quantitative estimate of drug-likeness (QED) is 0.777. The van der Waals surface area contributed by atoms with E-state index in [2.05, 4.69) is 14.9 Å². The van der Waals surface area contributed by atoms with Crippen LogP contribution in [0.5, 0.6) is 0 Å². The number of hydrogen-bond donors (Lipinski definition) is 1. The third-order valence-corrected chi connectivity index (χ3v) is 6.25. The summed E-state index contributed by atoms with van der Waals surface area (Å²) in [5.74, 6) is -1.35. The molecule has 2 aromatic rings. The minimum Gasteiger partial charge on any atom is -0.475 e. The summed E-state index contributed by atoms with van der Waals surface area (Å²) in [5.41, 5.74) is 2.33. The van der Waals surface area contributed by atoms with Gasteiger partial charge < -0.3 is 10.0 Å². The molecular formula is C17H19F3N4O3S2. The van der Waals surface area contributed by atoms with E-state index in [1.807, 2.05) is 21.9 Å². The fourth-order valence-corrected chi connectivity index (χ4v) is 4.77. The van der Waals surface area contributed by atoms with Gasteiger partial charge in [0.2, 0.25) is 0 Å². The number of hydrogen-bond acceptors (Lipinski definition) is 7. The van der Waals surface area contributed by atoms with Gasteiger partial charge in [0, 0.05) is 43.1 Å². The van der Waals surface area contributed by atoms with Gasteiger partial charge in [-0.25, -0.2) is 14.8 Å². The average Bonchev–Trinajstić information content (AvgIpc) is 3.42. The van der Waals surface area contributed by atoms with Gasteiger partial charge >= 0.3 is 12.1 Å². The highest BCUT2D eigenvalue weighted by molar-refractivity contribution is 7.09. The highest BCUT2D eigenvalue weighted by Crippen LogP contribution is 2.32. The average molecular weight is 448 g/mol. The van der Waals surface area contributed by atoms with Crippen LogP contribution < -0.4 is 0 Å². The van der Waals surface area contributed by atoms with E-state index >= 15 is 0 Å². The first-order chi connectivity index (χ1) is 13.7. The number of carboxylic acid groups (broad SMARTS) is 1. The summed E-state index contributed by atoms with van der Waals surface area (Å²) in [7, 11) is 0. The molecule has 1 amide bonds. The lowest BCUT2D eigenvalue weighted by atomic mass is 9.88. The fraction of sp³-hybridized carbons (Fsp3) is 0.529. The Hall–Kier alpha value is -2.05. The number of nitrogens with zero attached hydrogens (tertiary/aromatic N) is 4. The second-order valence-electron chi connectivity index (χ2n) is 6.86. The SMILES string of the molecule is O=C(O)C(F)(F)F.O=C(c1cscn1)N1CC[C@@H]2CN(Cc3nccs3)C[C@@H]2C1. The molecule has 2 fully saturated rings. The van der Waals surface area contributed by atoms with Gasteiger partial charge in [-0.3, -0.25) is 9.69 Å². The first kappa shape index (κ1) is 21.7. The summed E-state index contributed by atoms with van der Waals surface area (Å²) in [4.78, 5) is 34.3. The monoisotopic (exact) mass is 448 g/mol. The Kier molecular flexibility index (Phi) is 6.85. The Labute approximate surface area is 172 Å². The summed E-state index contributed by atoms with van der Waals surface area (Å²) in [6.45, 7) is 4.90. The zero-order chi connectivity index (χ0) is 21.0. The molecule has 0 bridgehead atoms. The Morgan fingerprint density at radius 1 is 1.21 bits per heavy atom. The number of carbonyl (C=O) groups excluding carboxylic acids is 1. The molecule has 2 aliphatic heterocycles. The third-order valence-electron chi connectivity index (χ3n) is 4.90.